The molecule has 0 N–H and O–H groups in total. The summed E-state index contributed by atoms with van der Waals surface area (Å²) in [5, 5.41) is 0. The van der Waals surface area contributed by atoms with Crippen molar-refractivity contribution in [3.63, 3.8) is 0 Å². The Morgan fingerprint density at radius 2 is 2.00 bits per heavy atom. The molecule has 0 bridgehead atoms. The lowest BCUT2D eigenvalue weighted by Gasteiger charge is -2.26. The molecule has 0 aromatic heterocycles. The standard InChI is InChI=1S/C12H19NO5/c1-6-7(2)8-9(14)17-10(15)13(8)11(16)18-12(3,4)5/h7-8H,6H2,1-5H3/t7-,8-/m1/s1. The van der Waals surface area contributed by atoms with E-state index in [0.29, 0.717) is 6.42 Å². The average Bonchev–Trinajstić information content (AvgIpc) is 2.49. The molecule has 1 fully saturated rings. The topological polar surface area (TPSA) is 72.9 Å². The first-order chi connectivity index (χ1) is 8.17. The largest absolute Gasteiger partial charge is 0.443 e. The zero-order valence-electron chi connectivity index (χ0n) is 11.4. The minimum absolute atomic E-state index is 0.170. The first-order valence-corrected chi connectivity index (χ1v) is 5.95. The molecule has 6 heteroatoms. The van der Waals surface area contributed by atoms with Crippen molar-refractivity contribution in [1.82, 2.24) is 4.90 Å². The Balaban J connectivity index is 2.93. The van der Waals surface area contributed by atoms with Crippen molar-refractivity contribution in [2.75, 3.05) is 0 Å². The van der Waals surface area contributed by atoms with E-state index in [1.807, 2.05) is 6.92 Å². The maximum absolute atomic E-state index is 11.9. The van der Waals surface area contributed by atoms with Crippen LogP contribution in [0.15, 0.2) is 0 Å². The Morgan fingerprint density at radius 1 is 1.44 bits per heavy atom. The summed E-state index contributed by atoms with van der Waals surface area (Å²) in [6.45, 7) is 8.71. The van der Waals surface area contributed by atoms with Crippen LogP contribution in [-0.4, -0.2) is 34.7 Å². The number of nitrogens with zero attached hydrogens (tertiary/aromatic N) is 1. The van der Waals surface area contributed by atoms with Gasteiger partial charge in [-0.05, 0) is 26.7 Å². The fourth-order valence-corrected chi connectivity index (χ4v) is 1.62. The van der Waals surface area contributed by atoms with E-state index in [0.717, 1.165) is 4.90 Å². The van der Waals surface area contributed by atoms with E-state index in [2.05, 4.69) is 4.74 Å². The van der Waals surface area contributed by atoms with Crippen LogP contribution in [0.25, 0.3) is 0 Å². The predicted octanol–water partition coefficient (Wildman–Crippen LogP) is 2.32. The molecule has 1 aliphatic heterocycles. The fraction of sp³-hybridized carbons (Fsp3) is 0.750. The van der Waals surface area contributed by atoms with Gasteiger partial charge in [0.1, 0.15) is 11.6 Å². The second-order valence-corrected chi connectivity index (χ2v) is 5.37. The summed E-state index contributed by atoms with van der Waals surface area (Å²) in [6.07, 6.45) is -1.16. The number of carbonyl (C=O) groups excluding carboxylic acids is 3. The number of ether oxygens (including phenoxy) is 2. The third-order valence-corrected chi connectivity index (χ3v) is 2.68. The van der Waals surface area contributed by atoms with Crippen molar-refractivity contribution in [2.45, 2.75) is 52.7 Å². The van der Waals surface area contributed by atoms with Crippen LogP contribution in [0.3, 0.4) is 0 Å². The van der Waals surface area contributed by atoms with Gasteiger partial charge in [0.2, 0.25) is 0 Å². The molecule has 1 aliphatic rings. The van der Waals surface area contributed by atoms with Gasteiger partial charge in [0.05, 0.1) is 0 Å². The van der Waals surface area contributed by atoms with Crippen LogP contribution in [0.5, 0.6) is 0 Å². The first-order valence-electron chi connectivity index (χ1n) is 5.95. The van der Waals surface area contributed by atoms with Gasteiger partial charge in [0.15, 0.2) is 0 Å². The SMILES string of the molecule is CC[C@@H](C)[C@@H]1C(=O)OC(=O)N1C(=O)OC(C)(C)C. The van der Waals surface area contributed by atoms with Gasteiger partial charge in [-0.3, -0.25) is 0 Å². The Kier molecular flexibility index (Phi) is 3.98. The van der Waals surface area contributed by atoms with Crippen LogP contribution in [0, 0.1) is 5.92 Å². The molecule has 0 aromatic carbocycles. The van der Waals surface area contributed by atoms with Crippen molar-refractivity contribution >= 4 is 18.2 Å². The summed E-state index contributed by atoms with van der Waals surface area (Å²) in [5.74, 6) is -0.864. The minimum Gasteiger partial charge on any atom is -0.443 e. The highest BCUT2D eigenvalue weighted by Gasteiger charge is 2.48. The number of esters is 1. The van der Waals surface area contributed by atoms with Gasteiger partial charge in [-0.2, -0.15) is 4.90 Å². The Morgan fingerprint density at radius 3 is 2.44 bits per heavy atom. The monoisotopic (exact) mass is 257 g/mol. The molecule has 0 saturated carbocycles. The summed E-state index contributed by atoms with van der Waals surface area (Å²) < 4.78 is 9.59. The van der Waals surface area contributed by atoms with Gasteiger partial charge in [0, 0.05) is 0 Å². The highest BCUT2D eigenvalue weighted by atomic mass is 16.6. The molecule has 1 heterocycles. The van der Waals surface area contributed by atoms with Crippen LogP contribution in [-0.2, 0) is 14.3 Å². The van der Waals surface area contributed by atoms with E-state index < -0.39 is 29.8 Å². The molecule has 18 heavy (non-hydrogen) atoms. The van der Waals surface area contributed by atoms with Gasteiger partial charge < -0.3 is 9.47 Å². The maximum Gasteiger partial charge on any atom is 0.427 e. The molecule has 0 spiro atoms. The van der Waals surface area contributed by atoms with Crippen molar-refractivity contribution in [2.24, 2.45) is 5.92 Å². The molecule has 102 valence electrons. The van der Waals surface area contributed by atoms with Crippen LogP contribution in [0.4, 0.5) is 9.59 Å². The van der Waals surface area contributed by atoms with Crippen molar-refractivity contribution in [1.29, 1.82) is 0 Å². The number of rotatable bonds is 2. The Bertz CT molecular complexity index is 371. The smallest absolute Gasteiger partial charge is 0.427 e. The van der Waals surface area contributed by atoms with Gasteiger partial charge in [-0.15, -0.1) is 0 Å². The fourth-order valence-electron chi connectivity index (χ4n) is 1.62. The summed E-state index contributed by atoms with van der Waals surface area (Å²) >= 11 is 0. The lowest BCUT2D eigenvalue weighted by Crippen LogP contribution is -2.46. The van der Waals surface area contributed by atoms with Crippen LogP contribution in [0.2, 0.25) is 0 Å². The number of carbonyl (C=O) groups is 3. The molecule has 1 saturated heterocycles. The predicted molar refractivity (Wildman–Crippen MR) is 62.8 cm³/mol. The number of hydrogen-bond donors (Lipinski definition) is 0. The average molecular weight is 257 g/mol. The minimum atomic E-state index is -0.959. The van der Waals surface area contributed by atoms with Gasteiger partial charge >= 0.3 is 18.2 Å². The van der Waals surface area contributed by atoms with Crippen molar-refractivity contribution in [3.05, 3.63) is 0 Å². The quantitative estimate of drug-likeness (QED) is 0.560. The molecule has 2 atom stereocenters. The third-order valence-electron chi connectivity index (χ3n) is 2.68. The lowest BCUT2D eigenvalue weighted by molar-refractivity contribution is -0.137. The lowest BCUT2D eigenvalue weighted by atomic mass is 9.99. The molecule has 0 unspecified atom stereocenters. The van der Waals surface area contributed by atoms with E-state index in [1.54, 1.807) is 27.7 Å². The summed E-state index contributed by atoms with van der Waals surface area (Å²) in [6, 6.07) is -0.891. The molecule has 1 rings (SSSR count). The van der Waals surface area contributed by atoms with Crippen molar-refractivity contribution in [3.8, 4) is 0 Å². The van der Waals surface area contributed by atoms with Gasteiger partial charge in [0.25, 0.3) is 0 Å². The van der Waals surface area contributed by atoms with E-state index in [9.17, 15) is 14.4 Å². The highest BCUT2D eigenvalue weighted by Crippen LogP contribution is 2.25. The summed E-state index contributed by atoms with van der Waals surface area (Å²) in [4.78, 5) is 35.8. The maximum atomic E-state index is 11.9. The molecule has 6 nitrogen and oxygen atoms in total. The first kappa shape index (κ1) is 14.5. The van der Waals surface area contributed by atoms with E-state index in [4.69, 9.17) is 4.74 Å². The van der Waals surface area contributed by atoms with E-state index in [-0.39, 0.29) is 5.92 Å². The molecular formula is C12H19NO5. The number of hydrogen-bond acceptors (Lipinski definition) is 5. The van der Waals surface area contributed by atoms with Crippen LogP contribution >= 0.6 is 0 Å². The summed E-state index contributed by atoms with van der Waals surface area (Å²) in [7, 11) is 0. The number of cyclic esters (lactones) is 2. The number of amides is 2. The van der Waals surface area contributed by atoms with Crippen molar-refractivity contribution < 1.29 is 23.9 Å². The molecule has 0 aliphatic carbocycles. The second-order valence-electron chi connectivity index (χ2n) is 5.37. The second kappa shape index (κ2) is 4.96. The van der Waals surface area contributed by atoms with Gasteiger partial charge in [-0.1, -0.05) is 20.3 Å². The molecule has 0 aromatic rings. The van der Waals surface area contributed by atoms with E-state index >= 15 is 0 Å². The third kappa shape index (κ3) is 3.00. The van der Waals surface area contributed by atoms with Crippen LogP contribution in [0.1, 0.15) is 41.0 Å². The van der Waals surface area contributed by atoms with Gasteiger partial charge in [-0.25, -0.2) is 14.4 Å². The molecular weight excluding hydrogens is 238 g/mol. The van der Waals surface area contributed by atoms with Crippen LogP contribution < -0.4 is 0 Å². The zero-order valence-corrected chi connectivity index (χ0v) is 11.4. The molecule has 0 radical (unpaired) electrons. The zero-order chi connectivity index (χ0) is 14.1. The Hall–Kier alpha value is -1.59. The normalized spacial score (nSPS) is 21.8. The summed E-state index contributed by atoms with van der Waals surface area (Å²) in [5.41, 5.74) is -0.733. The number of imide groups is 1. The Labute approximate surface area is 106 Å². The van der Waals surface area contributed by atoms with E-state index in [1.165, 1.54) is 0 Å². The highest BCUT2D eigenvalue weighted by molar-refractivity contribution is 6.04. The molecule has 2 amide bonds.